The average molecular weight is 235 g/mol. The van der Waals surface area contributed by atoms with E-state index in [9.17, 15) is 9.59 Å². The smallest absolute Gasteiger partial charge is 0.319 e. The normalized spacial score (nSPS) is 38.1. The SMILES string of the molecule is CC(C)(C)OC(=O)C1C(=O)C2C3C=CN(C3)C12. The first kappa shape index (κ1) is 10.8. The second kappa shape index (κ2) is 3.12. The zero-order chi connectivity index (χ0) is 12.4. The fourth-order valence-corrected chi connectivity index (χ4v) is 3.16. The first-order valence-electron chi connectivity index (χ1n) is 6.09. The van der Waals surface area contributed by atoms with E-state index in [1.165, 1.54) is 0 Å². The van der Waals surface area contributed by atoms with E-state index < -0.39 is 11.5 Å². The summed E-state index contributed by atoms with van der Waals surface area (Å²) in [5.74, 6) is -0.483. The Labute approximate surface area is 101 Å². The van der Waals surface area contributed by atoms with E-state index in [-0.39, 0.29) is 23.7 Å². The van der Waals surface area contributed by atoms with Crippen molar-refractivity contribution >= 4 is 11.8 Å². The van der Waals surface area contributed by atoms with Crippen molar-refractivity contribution < 1.29 is 14.3 Å². The quantitative estimate of drug-likeness (QED) is 0.502. The van der Waals surface area contributed by atoms with E-state index in [0.29, 0.717) is 5.92 Å². The van der Waals surface area contributed by atoms with Gasteiger partial charge in [-0.1, -0.05) is 6.08 Å². The number of hydrogen-bond acceptors (Lipinski definition) is 4. The molecular formula is C13H17NO3. The molecule has 0 radical (unpaired) electrons. The van der Waals surface area contributed by atoms with Crippen molar-refractivity contribution in [1.82, 2.24) is 4.90 Å². The van der Waals surface area contributed by atoms with Crippen LogP contribution in [0.25, 0.3) is 0 Å². The number of carbonyl (C=O) groups excluding carboxylic acids is 2. The highest BCUT2D eigenvalue weighted by Gasteiger charge is 2.64. The van der Waals surface area contributed by atoms with E-state index in [0.717, 1.165) is 6.54 Å². The molecule has 4 heteroatoms. The Morgan fingerprint density at radius 2 is 2.18 bits per heavy atom. The van der Waals surface area contributed by atoms with Gasteiger partial charge in [0.1, 0.15) is 11.5 Å². The number of carbonyl (C=O) groups is 2. The van der Waals surface area contributed by atoms with Gasteiger partial charge in [0.05, 0.1) is 6.04 Å². The molecule has 4 atom stereocenters. The molecule has 0 spiro atoms. The van der Waals surface area contributed by atoms with Crippen LogP contribution < -0.4 is 0 Å². The zero-order valence-corrected chi connectivity index (χ0v) is 10.3. The number of nitrogens with zero attached hydrogens (tertiary/aromatic N) is 1. The van der Waals surface area contributed by atoms with Crippen molar-refractivity contribution in [2.45, 2.75) is 32.4 Å². The summed E-state index contributed by atoms with van der Waals surface area (Å²) in [5.41, 5.74) is -0.523. The molecular weight excluding hydrogens is 218 g/mol. The largest absolute Gasteiger partial charge is 0.459 e. The van der Waals surface area contributed by atoms with Crippen molar-refractivity contribution in [3.05, 3.63) is 12.3 Å². The highest BCUT2D eigenvalue weighted by atomic mass is 16.6. The number of hydrogen-bond donors (Lipinski definition) is 0. The molecule has 0 aromatic heterocycles. The summed E-state index contributed by atoms with van der Waals surface area (Å²) < 4.78 is 5.32. The Hall–Kier alpha value is -1.32. The van der Waals surface area contributed by atoms with Crippen molar-refractivity contribution in [1.29, 1.82) is 0 Å². The highest BCUT2D eigenvalue weighted by molar-refractivity contribution is 6.07. The topological polar surface area (TPSA) is 46.6 Å². The van der Waals surface area contributed by atoms with Crippen molar-refractivity contribution in [2.75, 3.05) is 6.54 Å². The van der Waals surface area contributed by atoms with Crippen LogP contribution in [0.4, 0.5) is 0 Å². The number of ketones is 1. The number of rotatable bonds is 1. The molecule has 0 N–H and O–H groups in total. The summed E-state index contributed by atoms with van der Waals surface area (Å²) in [5, 5.41) is 0. The standard InChI is InChI=1S/C13H17NO3/c1-13(2,3)17-12(16)9-10-8(11(9)15)7-4-5-14(10)6-7/h4-5,7-10H,6H2,1-3H3. The number of ether oxygens (including phenoxy) is 1. The lowest BCUT2D eigenvalue weighted by molar-refractivity contribution is -0.172. The Kier molecular flexibility index (Phi) is 1.98. The highest BCUT2D eigenvalue weighted by Crippen LogP contribution is 2.49. The lowest BCUT2D eigenvalue weighted by Crippen LogP contribution is -2.60. The van der Waals surface area contributed by atoms with E-state index in [2.05, 4.69) is 11.0 Å². The molecule has 4 nitrogen and oxygen atoms in total. The zero-order valence-electron chi connectivity index (χ0n) is 10.3. The average Bonchev–Trinajstić information content (AvgIpc) is 2.70. The van der Waals surface area contributed by atoms with Crippen LogP contribution in [0, 0.1) is 17.8 Å². The predicted molar refractivity (Wildman–Crippen MR) is 61.0 cm³/mol. The second-order valence-electron chi connectivity index (χ2n) is 6.13. The molecule has 2 fully saturated rings. The maximum Gasteiger partial charge on any atom is 0.319 e. The molecule has 17 heavy (non-hydrogen) atoms. The third-order valence-corrected chi connectivity index (χ3v) is 3.80. The summed E-state index contributed by atoms with van der Waals surface area (Å²) in [6, 6.07) is 0.0624. The fraction of sp³-hybridized carbons (Fsp3) is 0.692. The summed E-state index contributed by atoms with van der Waals surface area (Å²) in [4.78, 5) is 26.1. The first-order valence-corrected chi connectivity index (χ1v) is 6.09. The van der Waals surface area contributed by atoms with Gasteiger partial charge < -0.3 is 9.64 Å². The van der Waals surface area contributed by atoms with Crippen LogP contribution in [0.2, 0.25) is 0 Å². The van der Waals surface area contributed by atoms with Crippen LogP contribution in [0.3, 0.4) is 0 Å². The minimum absolute atomic E-state index is 0.0394. The molecule has 1 saturated heterocycles. The summed E-state index contributed by atoms with van der Waals surface area (Å²) in [6.07, 6.45) is 4.08. The van der Waals surface area contributed by atoms with E-state index in [1.807, 2.05) is 27.0 Å². The van der Waals surface area contributed by atoms with Crippen LogP contribution in [0.5, 0.6) is 0 Å². The van der Waals surface area contributed by atoms with Crippen molar-refractivity contribution in [3.8, 4) is 0 Å². The van der Waals surface area contributed by atoms with Gasteiger partial charge in [0.2, 0.25) is 0 Å². The van der Waals surface area contributed by atoms with Gasteiger partial charge in [0.25, 0.3) is 0 Å². The summed E-state index contributed by atoms with van der Waals surface area (Å²) >= 11 is 0. The van der Waals surface area contributed by atoms with Crippen molar-refractivity contribution in [3.63, 3.8) is 0 Å². The van der Waals surface area contributed by atoms with E-state index >= 15 is 0 Å². The minimum atomic E-state index is -0.561. The van der Waals surface area contributed by atoms with Crippen LogP contribution in [0.1, 0.15) is 20.8 Å². The Bertz CT molecular complexity index is 421. The van der Waals surface area contributed by atoms with Gasteiger partial charge in [-0.3, -0.25) is 9.59 Å². The van der Waals surface area contributed by atoms with Gasteiger partial charge >= 0.3 is 5.97 Å². The summed E-state index contributed by atoms with van der Waals surface area (Å²) in [7, 11) is 0. The molecule has 0 aromatic rings. The van der Waals surface area contributed by atoms with E-state index in [4.69, 9.17) is 4.74 Å². The van der Waals surface area contributed by atoms with Crippen LogP contribution >= 0.6 is 0 Å². The number of Topliss-reactive ketones (excluding diaryl/α,β-unsaturated/α-hetero) is 1. The van der Waals surface area contributed by atoms with Crippen LogP contribution in [-0.4, -0.2) is 34.8 Å². The molecule has 1 aliphatic carbocycles. The molecule has 0 aromatic carbocycles. The molecule has 2 bridgehead atoms. The van der Waals surface area contributed by atoms with Crippen molar-refractivity contribution in [2.24, 2.45) is 17.8 Å². The van der Waals surface area contributed by atoms with Crippen LogP contribution in [0.15, 0.2) is 12.3 Å². The lowest BCUT2D eigenvalue weighted by Gasteiger charge is -2.43. The lowest BCUT2D eigenvalue weighted by atomic mass is 9.64. The van der Waals surface area contributed by atoms with Gasteiger partial charge in [0.15, 0.2) is 5.78 Å². The Morgan fingerprint density at radius 3 is 2.82 bits per heavy atom. The monoisotopic (exact) mass is 235 g/mol. The maximum absolute atomic E-state index is 12.0. The van der Waals surface area contributed by atoms with Gasteiger partial charge in [0, 0.05) is 18.4 Å². The predicted octanol–water partition coefficient (Wildman–Crippen LogP) is 0.971. The molecule has 4 unspecified atom stereocenters. The molecule has 2 heterocycles. The first-order chi connectivity index (χ1) is 7.88. The third kappa shape index (κ3) is 1.43. The van der Waals surface area contributed by atoms with Gasteiger partial charge in [-0.15, -0.1) is 0 Å². The van der Waals surface area contributed by atoms with Crippen LogP contribution in [-0.2, 0) is 14.3 Å². The second-order valence-corrected chi connectivity index (χ2v) is 6.13. The molecule has 0 amide bonds. The van der Waals surface area contributed by atoms with E-state index in [1.54, 1.807) is 0 Å². The number of fused-ring (bicyclic) bond motifs is 5. The fourth-order valence-electron chi connectivity index (χ4n) is 3.16. The van der Waals surface area contributed by atoms with Gasteiger partial charge in [-0.05, 0) is 27.0 Å². The molecule has 92 valence electrons. The summed E-state index contributed by atoms with van der Waals surface area (Å²) in [6.45, 7) is 6.37. The maximum atomic E-state index is 12.0. The van der Waals surface area contributed by atoms with Gasteiger partial charge in [-0.2, -0.15) is 0 Å². The van der Waals surface area contributed by atoms with Gasteiger partial charge in [-0.25, -0.2) is 0 Å². The number of esters is 1. The molecule has 2 aliphatic heterocycles. The third-order valence-electron chi connectivity index (χ3n) is 3.80. The molecule has 3 aliphatic rings. The molecule has 3 rings (SSSR count). The molecule has 1 saturated carbocycles. The Balaban J connectivity index is 1.76. The Morgan fingerprint density at radius 1 is 1.47 bits per heavy atom. The minimum Gasteiger partial charge on any atom is -0.459 e.